The lowest BCUT2D eigenvalue weighted by molar-refractivity contribution is -0.305. The molecule has 0 aromatic heterocycles. The number of carbonyl (C=O) groups is 2. The first-order valence-corrected chi connectivity index (χ1v) is 30.4. The highest BCUT2D eigenvalue weighted by Crippen LogP contribution is 2.26. The number of allylic oxidation sites excluding steroid dienone is 7. The number of hydrogen-bond acceptors (Lipinski definition) is 10. The fourth-order valence-electron chi connectivity index (χ4n) is 9.39. The van der Waals surface area contributed by atoms with E-state index < -0.39 is 67.4 Å². The van der Waals surface area contributed by atoms with Crippen LogP contribution in [-0.2, 0) is 23.8 Å². The minimum absolute atomic E-state index is 0.121. The number of aliphatic hydroxyl groups excluding tert-OH is 5. The van der Waals surface area contributed by atoms with Crippen molar-refractivity contribution in [2.24, 2.45) is 0 Å². The van der Waals surface area contributed by atoms with E-state index in [2.05, 4.69) is 62.5 Å². The van der Waals surface area contributed by atoms with Crippen molar-refractivity contribution in [1.82, 2.24) is 5.32 Å². The fraction of sp³-hybridized carbons (Fsp3) is 0.839. The monoisotopic (exact) mass is 1030 g/mol. The van der Waals surface area contributed by atoms with E-state index in [4.69, 9.17) is 14.2 Å². The Morgan fingerprint density at radius 2 is 0.986 bits per heavy atom. The van der Waals surface area contributed by atoms with Gasteiger partial charge in [-0.25, -0.2) is 0 Å². The van der Waals surface area contributed by atoms with Gasteiger partial charge in [-0.3, -0.25) is 9.59 Å². The van der Waals surface area contributed by atoms with E-state index in [1.54, 1.807) is 6.08 Å². The zero-order chi connectivity index (χ0) is 53.3. The highest BCUT2D eigenvalue weighted by atomic mass is 16.7. The van der Waals surface area contributed by atoms with Gasteiger partial charge in [-0.15, -0.1) is 0 Å². The van der Waals surface area contributed by atoms with E-state index in [-0.39, 0.29) is 19.4 Å². The molecule has 8 unspecified atom stereocenters. The smallest absolute Gasteiger partial charge is 0.306 e. The highest BCUT2D eigenvalue weighted by Gasteiger charge is 2.47. The summed E-state index contributed by atoms with van der Waals surface area (Å²) in [5.41, 5.74) is 0. The Morgan fingerprint density at radius 3 is 1.48 bits per heavy atom. The van der Waals surface area contributed by atoms with Crippen LogP contribution in [0.15, 0.2) is 48.6 Å². The Morgan fingerprint density at radius 1 is 0.548 bits per heavy atom. The zero-order valence-corrected chi connectivity index (χ0v) is 47.0. The Hall–Kier alpha value is -2.38. The van der Waals surface area contributed by atoms with Gasteiger partial charge < -0.3 is 45.1 Å². The van der Waals surface area contributed by atoms with Crippen LogP contribution in [-0.4, -0.2) is 99.6 Å². The number of hydrogen-bond donors (Lipinski definition) is 6. The second-order valence-electron chi connectivity index (χ2n) is 21.0. The summed E-state index contributed by atoms with van der Waals surface area (Å²) in [5, 5.41) is 56.9. The van der Waals surface area contributed by atoms with Crippen molar-refractivity contribution in [1.29, 1.82) is 0 Å². The van der Waals surface area contributed by atoms with Crippen molar-refractivity contribution in [3.8, 4) is 0 Å². The van der Waals surface area contributed by atoms with E-state index in [1.807, 2.05) is 6.08 Å². The number of rotatable bonds is 51. The lowest BCUT2D eigenvalue weighted by atomic mass is 9.99. The molecule has 1 aliphatic rings. The van der Waals surface area contributed by atoms with Gasteiger partial charge in [-0.2, -0.15) is 0 Å². The minimum atomic E-state index is -1.61. The highest BCUT2D eigenvalue weighted by molar-refractivity contribution is 5.80. The van der Waals surface area contributed by atoms with E-state index in [0.29, 0.717) is 12.8 Å². The molecule has 0 aromatic carbocycles. The Kier molecular flexibility index (Phi) is 47.4. The van der Waals surface area contributed by atoms with Gasteiger partial charge in [0.05, 0.1) is 25.4 Å². The molecule has 8 atom stereocenters. The summed E-state index contributed by atoms with van der Waals surface area (Å²) in [4.78, 5) is 26.5. The van der Waals surface area contributed by atoms with Crippen LogP contribution in [0.5, 0.6) is 0 Å². The molecule has 0 aliphatic carbocycles. The van der Waals surface area contributed by atoms with Crippen molar-refractivity contribution >= 4 is 11.9 Å². The summed E-state index contributed by atoms with van der Waals surface area (Å²) in [5.74, 6) is -1.20. The van der Waals surface area contributed by atoms with Crippen molar-refractivity contribution in [3.05, 3.63) is 48.6 Å². The molecule has 1 amide bonds. The average molecular weight is 1030 g/mol. The molecule has 0 aromatic rings. The quantitative estimate of drug-likeness (QED) is 0.0195. The van der Waals surface area contributed by atoms with Crippen LogP contribution >= 0.6 is 0 Å². The Labute approximate surface area is 446 Å². The van der Waals surface area contributed by atoms with Crippen LogP contribution in [0.25, 0.3) is 0 Å². The number of carbonyl (C=O) groups excluding carboxylic acids is 2. The topological polar surface area (TPSA) is 175 Å². The van der Waals surface area contributed by atoms with Crippen LogP contribution in [0, 0.1) is 0 Å². The van der Waals surface area contributed by atoms with Crippen LogP contribution < -0.4 is 5.32 Å². The van der Waals surface area contributed by atoms with Gasteiger partial charge in [0.1, 0.15) is 24.4 Å². The summed E-state index contributed by atoms with van der Waals surface area (Å²) in [6.45, 7) is 5.67. The molecule has 1 aliphatic heterocycles. The molecule has 0 spiro atoms. The molecule has 0 radical (unpaired) electrons. The van der Waals surface area contributed by atoms with Gasteiger partial charge in [0, 0.05) is 6.42 Å². The van der Waals surface area contributed by atoms with Crippen molar-refractivity contribution in [2.45, 2.75) is 320 Å². The number of nitrogens with one attached hydrogen (secondary N) is 1. The van der Waals surface area contributed by atoms with Crippen molar-refractivity contribution in [3.63, 3.8) is 0 Å². The zero-order valence-electron chi connectivity index (χ0n) is 47.0. The first-order valence-electron chi connectivity index (χ1n) is 30.4. The first kappa shape index (κ1) is 68.6. The van der Waals surface area contributed by atoms with E-state index in [1.165, 1.54) is 135 Å². The maximum atomic E-state index is 13.4. The second-order valence-corrected chi connectivity index (χ2v) is 21.0. The van der Waals surface area contributed by atoms with Gasteiger partial charge in [0.25, 0.3) is 0 Å². The van der Waals surface area contributed by atoms with Crippen molar-refractivity contribution in [2.75, 3.05) is 13.2 Å². The molecule has 11 nitrogen and oxygen atoms in total. The maximum Gasteiger partial charge on any atom is 0.306 e. The lowest BCUT2D eigenvalue weighted by Crippen LogP contribution is -2.61. The van der Waals surface area contributed by atoms with Gasteiger partial charge in [-0.05, 0) is 77.0 Å². The van der Waals surface area contributed by atoms with Crippen LogP contribution in [0.4, 0.5) is 0 Å². The van der Waals surface area contributed by atoms with Crippen LogP contribution in [0.1, 0.15) is 271 Å². The number of esters is 1. The summed E-state index contributed by atoms with van der Waals surface area (Å²) >= 11 is 0. The largest absolute Gasteiger partial charge is 0.454 e. The molecule has 73 heavy (non-hydrogen) atoms. The molecule has 11 heteroatoms. The van der Waals surface area contributed by atoms with Gasteiger partial charge in [0.2, 0.25) is 5.91 Å². The standard InChI is InChI=1S/C62H113NO10/c1-4-7-10-13-16-19-22-25-26-27-28-29-30-32-35-38-41-44-47-50-57(67)73-60-59(69)58(68)56(51-64)72-62(60)71-52-53(54(65)48-45-42-39-36-33-24-21-18-15-12-9-6-3)63-61(70)55(66)49-46-43-40-37-34-31-23-20-17-14-11-8-5-2/h8,11,17,20,25-26,45,48,53-56,58-60,62,64-66,68-69H,4-7,9-10,12-16,18-19,21-24,27-44,46-47,49-52H2,1-3H3,(H,63,70)/b11-8+,20-17+,26-25+,48-45+. The summed E-state index contributed by atoms with van der Waals surface area (Å²) in [6, 6.07) is -1.03. The van der Waals surface area contributed by atoms with Crippen LogP contribution in [0.2, 0.25) is 0 Å². The number of amides is 1. The van der Waals surface area contributed by atoms with Crippen LogP contribution in [0.3, 0.4) is 0 Å². The lowest BCUT2D eigenvalue weighted by Gasteiger charge is -2.41. The third-order valence-corrected chi connectivity index (χ3v) is 14.2. The first-order chi connectivity index (χ1) is 35.7. The maximum absolute atomic E-state index is 13.4. The predicted molar refractivity (Wildman–Crippen MR) is 301 cm³/mol. The summed E-state index contributed by atoms with van der Waals surface area (Å²) in [6.07, 6.45) is 50.1. The minimum Gasteiger partial charge on any atom is -0.454 e. The number of ether oxygens (including phenoxy) is 3. The van der Waals surface area contributed by atoms with E-state index in [0.717, 1.165) is 89.9 Å². The second kappa shape index (κ2) is 50.4. The van der Waals surface area contributed by atoms with Gasteiger partial charge in [0.15, 0.2) is 12.4 Å². The van der Waals surface area contributed by atoms with Crippen molar-refractivity contribution < 1.29 is 49.3 Å². The number of unbranched alkanes of at least 4 members (excludes halogenated alkanes) is 31. The number of aliphatic hydroxyl groups is 5. The molecule has 1 rings (SSSR count). The molecular formula is C62H113NO10. The fourth-order valence-corrected chi connectivity index (χ4v) is 9.39. The molecule has 0 bridgehead atoms. The summed E-state index contributed by atoms with van der Waals surface area (Å²) in [7, 11) is 0. The average Bonchev–Trinajstić information content (AvgIpc) is 3.39. The summed E-state index contributed by atoms with van der Waals surface area (Å²) < 4.78 is 17.6. The molecule has 1 heterocycles. The third kappa shape index (κ3) is 38.8. The molecule has 426 valence electrons. The normalized spacial score (nSPS) is 19.7. The Balaban J connectivity index is 2.68. The molecular weight excluding hydrogens is 919 g/mol. The third-order valence-electron chi connectivity index (χ3n) is 14.2. The molecule has 1 fully saturated rings. The Bertz CT molecular complexity index is 1370. The van der Waals surface area contributed by atoms with Gasteiger partial charge in [-0.1, -0.05) is 236 Å². The van der Waals surface area contributed by atoms with E-state index in [9.17, 15) is 35.1 Å². The van der Waals surface area contributed by atoms with Gasteiger partial charge >= 0.3 is 5.97 Å². The molecule has 1 saturated heterocycles. The predicted octanol–water partition coefficient (Wildman–Crippen LogP) is 14.1. The SMILES string of the molecule is CC/C=C/C/C=C/CCCCCCCCC(O)C(=O)NC(COC1OC(CO)C(O)C(O)C1OC(=O)CCCCCCCCCCC/C=C/CCCCCCCC)C(O)/C=C/CCCCCCCCCCCC. The molecule has 6 N–H and O–H groups in total. The van der Waals surface area contributed by atoms with E-state index >= 15 is 0 Å². The molecule has 0 saturated carbocycles.